The number of hydrogen-bond donors (Lipinski definition) is 1. The molecule has 1 aromatic heterocycles. The van der Waals surface area contributed by atoms with Crippen LogP contribution in [0.3, 0.4) is 0 Å². The Morgan fingerprint density at radius 2 is 1.91 bits per heavy atom. The number of carbonyl (C=O) groups excluding carboxylic acids is 2. The highest BCUT2D eigenvalue weighted by atomic mass is 35.5. The van der Waals surface area contributed by atoms with Gasteiger partial charge in [0.05, 0.1) is 17.4 Å². The first kappa shape index (κ1) is 17.5. The van der Waals surface area contributed by atoms with Gasteiger partial charge in [-0.15, -0.1) is 11.3 Å². The number of aryl methyl sites for hydroxylation is 2. The minimum atomic E-state index is -0.242. The van der Waals surface area contributed by atoms with Crippen LogP contribution < -0.4 is 5.32 Å². The van der Waals surface area contributed by atoms with E-state index in [-0.39, 0.29) is 18.4 Å². The molecule has 0 atom stereocenters. The number of nitrogens with zero attached hydrogens (tertiary/aromatic N) is 1. The molecule has 0 saturated heterocycles. The normalized spacial score (nSPS) is 10.4. The minimum absolute atomic E-state index is 0.0264. The standard InChI is InChI=1S/C17H19ClN2O2S/c1-11-4-5-13(8-12(11)2)17(22)19-9-16(21)20(3)10-14-6-7-15(18)23-14/h4-8H,9-10H2,1-3H3,(H,19,22). The molecular formula is C17H19ClN2O2S. The molecule has 0 unspecified atom stereocenters. The fourth-order valence-corrected chi connectivity index (χ4v) is 3.18. The van der Waals surface area contributed by atoms with Crippen molar-refractivity contribution in [1.29, 1.82) is 0 Å². The van der Waals surface area contributed by atoms with Crippen LogP contribution in [0.1, 0.15) is 26.4 Å². The molecule has 1 N–H and O–H groups in total. The summed E-state index contributed by atoms with van der Waals surface area (Å²) < 4.78 is 0.698. The number of halogens is 1. The summed E-state index contributed by atoms with van der Waals surface area (Å²) in [5.74, 6) is -0.388. The third-order valence-corrected chi connectivity index (χ3v) is 4.83. The number of hydrogen-bond acceptors (Lipinski definition) is 3. The van der Waals surface area contributed by atoms with Gasteiger partial charge in [-0.25, -0.2) is 0 Å². The lowest BCUT2D eigenvalue weighted by Gasteiger charge is -2.16. The van der Waals surface area contributed by atoms with Gasteiger partial charge in [0, 0.05) is 17.5 Å². The van der Waals surface area contributed by atoms with Crippen molar-refractivity contribution in [2.75, 3.05) is 13.6 Å². The van der Waals surface area contributed by atoms with E-state index in [1.807, 2.05) is 32.0 Å². The van der Waals surface area contributed by atoms with Gasteiger partial charge >= 0.3 is 0 Å². The summed E-state index contributed by atoms with van der Waals surface area (Å²) in [6.45, 7) is 4.40. The highest BCUT2D eigenvalue weighted by molar-refractivity contribution is 7.16. The van der Waals surface area contributed by atoms with Crippen molar-refractivity contribution in [2.24, 2.45) is 0 Å². The quantitative estimate of drug-likeness (QED) is 0.898. The Morgan fingerprint density at radius 3 is 2.52 bits per heavy atom. The van der Waals surface area contributed by atoms with Crippen LogP contribution in [-0.2, 0) is 11.3 Å². The van der Waals surface area contributed by atoms with Crippen molar-refractivity contribution in [2.45, 2.75) is 20.4 Å². The second kappa shape index (κ2) is 7.62. The third kappa shape index (κ3) is 4.81. The van der Waals surface area contributed by atoms with Gasteiger partial charge in [0.15, 0.2) is 0 Å². The van der Waals surface area contributed by atoms with Crippen molar-refractivity contribution in [3.8, 4) is 0 Å². The van der Waals surface area contributed by atoms with Crippen LogP contribution in [0, 0.1) is 13.8 Å². The maximum Gasteiger partial charge on any atom is 0.251 e. The monoisotopic (exact) mass is 350 g/mol. The zero-order chi connectivity index (χ0) is 17.0. The first-order valence-electron chi connectivity index (χ1n) is 7.20. The molecule has 1 heterocycles. The number of likely N-dealkylation sites (N-methyl/N-ethyl adjacent to an activating group) is 1. The first-order valence-corrected chi connectivity index (χ1v) is 8.40. The molecule has 0 saturated carbocycles. The Morgan fingerprint density at radius 1 is 1.17 bits per heavy atom. The summed E-state index contributed by atoms with van der Waals surface area (Å²) in [6.07, 6.45) is 0. The maximum atomic E-state index is 12.1. The summed E-state index contributed by atoms with van der Waals surface area (Å²) in [7, 11) is 1.71. The molecule has 0 aliphatic heterocycles. The number of thiophene rings is 1. The Bertz CT molecular complexity index is 727. The second-order valence-corrected chi connectivity index (χ2v) is 7.24. The summed E-state index contributed by atoms with van der Waals surface area (Å²) in [5.41, 5.74) is 2.75. The first-order chi connectivity index (χ1) is 10.9. The highest BCUT2D eigenvalue weighted by Gasteiger charge is 2.13. The molecule has 0 fully saturated rings. The molecule has 1 aromatic carbocycles. The molecule has 2 aromatic rings. The van der Waals surface area contributed by atoms with E-state index in [1.54, 1.807) is 24.1 Å². The van der Waals surface area contributed by atoms with Crippen molar-refractivity contribution >= 4 is 34.8 Å². The lowest BCUT2D eigenvalue weighted by molar-refractivity contribution is -0.129. The Labute approximate surface area is 145 Å². The van der Waals surface area contributed by atoms with Crippen molar-refractivity contribution in [1.82, 2.24) is 10.2 Å². The molecule has 23 heavy (non-hydrogen) atoms. The number of amides is 2. The van der Waals surface area contributed by atoms with Crippen LogP contribution in [-0.4, -0.2) is 30.3 Å². The third-order valence-electron chi connectivity index (χ3n) is 3.62. The molecule has 122 valence electrons. The summed E-state index contributed by atoms with van der Waals surface area (Å²) in [6, 6.07) is 9.19. The Hall–Kier alpha value is -1.85. The van der Waals surface area contributed by atoms with E-state index in [0.29, 0.717) is 16.4 Å². The molecule has 2 rings (SSSR count). The lowest BCUT2D eigenvalue weighted by Crippen LogP contribution is -2.37. The number of benzene rings is 1. The average molecular weight is 351 g/mol. The van der Waals surface area contributed by atoms with E-state index >= 15 is 0 Å². The van der Waals surface area contributed by atoms with Gasteiger partial charge < -0.3 is 10.2 Å². The van der Waals surface area contributed by atoms with Crippen molar-refractivity contribution in [3.63, 3.8) is 0 Å². The largest absolute Gasteiger partial charge is 0.343 e. The van der Waals surface area contributed by atoms with E-state index in [4.69, 9.17) is 11.6 Å². The van der Waals surface area contributed by atoms with Crippen molar-refractivity contribution in [3.05, 3.63) is 56.2 Å². The number of rotatable bonds is 5. The molecule has 6 heteroatoms. The molecule has 0 radical (unpaired) electrons. The van der Waals surface area contributed by atoms with Gasteiger partial charge in [-0.05, 0) is 49.2 Å². The van der Waals surface area contributed by atoms with Gasteiger partial charge in [-0.3, -0.25) is 9.59 Å². The zero-order valence-corrected chi connectivity index (χ0v) is 14.9. The zero-order valence-electron chi connectivity index (χ0n) is 13.4. The predicted octanol–water partition coefficient (Wildman–Crippen LogP) is 3.41. The maximum absolute atomic E-state index is 12.1. The van der Waals surface area contributed by atoms with E-state index in [1.165, 1.54) is 11.3 Å². The minimum Gasteiger partial charge on any atom is -0.343 e. The van der Waals surface area contributed by atoms with Gasteiger partial charge in [0.25, 0.3) is 5.91 Å². The predicted molar refractivity (Wildman–Crippen MR) is 94.1 cm³/mol. The number of carbonyl (C=O) groups is 2. The summed E-state index contributed by atoms with van der Waals surface area (Å²) in [5, 5.41) is 2.66. The second-order valence-electron chi connectivity index (χ2n) is 5.44. The van der Waals surface area contributed by atoms with E-state index in [2.05, 4.69) is 5.32 Å². The molecule has 0 aliphatic rings. The fourth-order valence-electron chi connectivity index (χ4n) is 2.03. The Kier molecular flexibility index (Phi) is 5.80. The van der Waals surface area contributed by atoms with Crippen molar-refractivity contribution < 1.29 is 9.59 Å². The topological polar surface area (TPSA) is 49.4 Å². The number of nitrogens with one attached hydrogen (secondary N) is 1. The summed E-state index contributed by atoms with van der Waals surface area (Å²) in [4.78, 5) is 26.8. The molecule has 0 aliphatic carbocycles. The fraction of sp³-hybridized carbons (Fsp3) is 0.294. The van der Waals surface area contributed by atoms with Gasteiger partial charge in [0.2, 0.25) is 5.91 Å². The molecule has 0 bridgehead atoms. The lowest BCUT2D eigenvalue weighted by atomic mass is 10.1. The van der Waals surface area contributed by atoms with Gasteiger partial charge in [-0.2, -0.15) is 0 Å². The van der Waals surface area contributed by atoms with Gasteiger partial charge in [-0.1, -0.05) is 17.7 Å². The van der Waals surface area contributed by atoms with Crippen LogP contribution in [0.2, 0.25) is 4.34 Å². The molecule has 2 amide bonds. The SMILES string of the molecule is Cc1ccc(C(=O)NCC(=O)N(C)Cc2ccc(Cl)s2)cc1C. The molecule has 0 spiro atoms. The van der Waals surface area contributed by atoms with E-state index in [0.717, 1.165) is 16.0 Å². The smallest absolute Gasteiger partial charge is 0.251 e. The van der Waals surface area contributed by atoms with Gasteiger partial charge in [0.1, 0.15) is 0 Å². The van der Waals surface area contributed by atoms with Crippen LogP contribution in [0.5, 0.6) is 0 Å². The van der Waals surface area contributed by atoms with Crippen LogP contribution in [0.25, 0.3) is 0 Å². The average Bonchev–Trinajstić information content (AvgIpc) is 2.92. The molecule has 4 nitrogen and oxygen atoms in total. The van der Waals surface area contributed by atoms with E-state index in [9.17, 15) is 9.59 Å². The van der Waals surface area contributed by atoms with E-state index < -0.39 is 0 Å². The summed E-state index contributed by atoms with van der Waals surface area (Å²) >= 11 is 7.32. The van der Waals surface area contributed by atoms with Crippen LogP contribution in [0.15, 0.2) is 30.3 Å². The highest BCUT2D eigenvalue weighted by Crippen LogP contribution is 2.22. The van der Waals surface area contributed by atoms with Crippen LogP contribution >= 0.6 is 22.9 Å². The van der Waals surface area contributed by atoms with Crippen LogP contribution in [0.4, 0.5) is 0 Å². The Balaban J connectivity index is 1.87. The molecular weight excluding hydrogens is 332 g/mol.